The van der Waals surface area contributed by atoms with Crippen molar-refractivity contribution in [2.75, 3.05) is 10.0 Å². The number of rotatable bonds is 4. The summed E-state index contributed by atoms with van der Waals surface area (Å²) in [5.74, 6) is -0.317. The molecule has 1 rings (SSSR count). The van der Waals surface area contributed by atoms with Crippen LogP contribution in [-0.4, -0.2) is 14.7 Å². The molecular weight excluding hydrogens is 216 g/mol. The van der Waals surface area contributed by atoms with Gasteiger partial charge in [0.2, 0.25) is 5.91 Å². The van der Waals surface area contributed by atoms with Gasteiger partial charge in [-0.25, -0.2) is 0 Å². The molecule has 0 saturated carbocycles. The van der Waals surface area contributed by atoms with Crippen molar-refractivity contribution in [1.29, 1.82) is 0 Å². The second kappa shape index (κ2) is 5.28. The minimum absolute atomic E-state index is 0.317. The second-order valence-corrected chi connectivity index (χ2v) is 3.28. The molecule has 5 nitrogen and oxygen atoms in total. The van der Waals surface area contributed by atoms with Gasteiger partial charge in [-0.15, -0.1) is 0 Å². The van der Waals surface area contributed by atoms with Crippen LogP contribution >= 0.6 is 0 Å². The minimum Gasteiger partial charge on any atom is -0.755 e. The van der Waals surface area contributed by atoms with Crippen LogP contribution in [0, 0.1) is 0 Å². The highest BCUT2D eigenvalue weighted by Crippen LogP contribution is 2.13. The van der Waals surface area contributed by atoms with Crippen molar-refractivity contribution in [3.63, 3.8) is 0 Å². The molecule has 0 aliphatic carbocycles. The molecule has 1 aromatic rings. The molecule has 80 valence electrons. The second-order valence-electron chi connectivity index (χ2n) is 2.61. The normalized spacial score (nSPS) is 11.5. The van der Waals surface area contributed by atoms with Gasteiger partial charge in [0.05, 0.1) is 0 Å². The zero-order valence-corrected chi connectivity index (χ0v) is 8.54. The first-order chi connectivity index (χ1) is 7.11. The summed E-state index contributed by atoms with van der Waals surface area (Å²) in [5, 5.41) is 2.53. The van der Waals surface area contributed by atoms with Gasteiger partial charge < -0.3 is 14.6 Å². The standard InChI is InChI=1S/C9H10N2O3S/c1-2-9(12)10-7-3-5-8(6-4-7)11-15(13)14/h2-6,11H,1H2,(H,10,12)(H,13,14)/p-1. The Kier molecular flexibility index (Phi) is 4.02. The van der Waals surface area contributed by atoms with Gasteiger partial charge >= 0.3 is 0 Å². The molecule has 1 unspecified atom stereocenters. The Morgan fingerprint density at radius 3 is 2.33 bits per heavy atom. The van der Waals surface area contributed by atoms with Gasteiger partial charge in [0.1, 0.15) is 0 Å². The minimum atomic E-state index is -2.34. The molecule has 0 radical (unpaired) electrons. The molecule has 0 spiro atoms. The maximum absolute atomic E-state index is 10.9. The van der Waals surface area contributed by atoms with E-state index in [0.29, 0.717) is 11.4 Å². The van der Waals surface area contributed by atoms with Crippen molar-refractivity contribution in [3.05, 3.63) is 36.9 Å². The fraction of sp³-hybridized carbons (Fsp3) is 0. The smallest absolute Gasteiger partial charge is 0.247 e. The number of hydrogen-bond acceptors (Lipinski definition) is 3. The molecule has 0 saturated heterocycles. The lowest BCUT2D eigenvalue weighted by Gasteiger charge is -2.09. The van der Waals surface area contributed by atoms with Crippen LogP contribution in [0.5, 0.6) is 0 Å². The van der Waals surface area contributed by atoms with Crippen LogP contribution in [0.2, 0.25) is 0 Å². The van der Waals surface area contributed by atoms with E-state index in [4.69, 9.17) is 0 Å². The van der Waals surface area contributed by atoms with Gasteiger partial charge in [-0.05, 0) is 30.3 Å². The number of carbonyl (C=O) groups is 1. The third-order valence-corrected chi connectivity index (χ3v) is 1.94. The van der Waals surface area contributed by atoms with E-state index in [2.05, 4.69) is 16.6 Å². The molecule has 0 aliphatic heterocycles. The van der Waals surface area contributed by atoms with Crippen LogP contribution in [0.25, 0.3) is 0 Å². The molecule has 1 amide bonds. The third kappa shape index (κ3) is 3.92. The largest absolute Gasteiger partial charge is 0.755 e. The van der Waals surface area contributed by atoms with Crippen molar-refractivity contribution in [2.24, 2.45) is 0 Å². The average molecular weight is 225 g/mol. The van der Waals surface area contributed by atoms with E-state index < -0.39 is 11.3 Å². The maximum atomic E-state index is 10.9. The Morgan fingerprint density at radius 2 is 1.87 bits per heavy atom. The summed E-state index contributed by atoms with van der Waals surface area (Å²) < 4.78 is 22.8. The zero-order valence-electron chi connectivity index (χ0n) is 7.73. The number of benzene rings is 1. The Labute approximate surface area is 89.6 Å². The Bertz CT molecular complexity index is 389. The van der Waals surface area contributed by atoms with Gasteiger partial charge in [-0.1, -0.05) is 6.58 Å². The van der Waals surface area contributed by atoms with Crippen molar-refractivity contribution in [1.82, 2.24) is 0 Å². The first-order valence-corrected chi connectivity index (χ1v) is 5.08. The Hall–Kier alpha value is -1.66. The van der Waals surface area contributed by atoms with Crippen LogP contribution in [0.1, 0.15) is 0 Å². The van der Waals surface area contributed by atoms with E-state index in [1.165, 1.54) is 12.1 Å². The molecule has 0 heterocycles. The summed E-state index contributed by atoms with van der Waals surface area (Å²) in [6.45, 7) is 3.31. The Morgan fingerprint density at radius 1 is 1.33 bits per heavy atom. The molecule has 0 aromatic heterocycles. The van der Waals surface area contributed by atoms with Crippen LogP contribution in [0.3, 0.4) is 0 Å². The van der Waals surface area contributed by atoms with Crippen molar-refractivity contribution in [2.45, 2.75) is 0 Å². The molecule has 0 fully saturated rings. The van der Waals surface area contributed by atoms with Crippen LogP contribution < -0.4 is 10.0 Å². The number of anilines is 2. The lowest BCUT2D eigenvalue weighted by molar-refractivity contribution is -0.111. The maximum Gasteiger partial charge on any atom is 0.247 e. The van der Waals surface area contributed by atoms with Gasteiger partial charge in [-0.2, -0.15) is 0 Å². The molecule has 1 atom stereocenters. The van der Waals surface area contributed by atoms with E-state index in [1.54, 1.807) is 12.1 Å². The van der Waals surface area contributed by atoms with Gasteiger partial charge in [0.25, 0.3) is 0 Å². The van der Waals surface area contributed by atoms with E-state index >= 15 is 0 Å². The van der Waals surface area contributed by atoms with Crippen LogP contribution in [0.15, 0.2) is 36.9 Å². The van der Waals surface area contributed by atoms with Crippen molar-refractivity contribution < 1.29 is 13.6 Å². The number of carbonyl (C=O) groups excluding carboxylic acids is 1. The lowest BCUT2D eigenvalue weighted by atomic mass is 10.3. The Balaban J connectivity index is 2.67. The SMILES string of the molecule is C=CC(=O)Nc1ccc(NS(=O)[O-])cc1. The first-order valence-electron chi connectivity index (χ1n) is 4.01. The zero-order chi connectivity index (χ0) is 11.3. The van der Waals surface area contributed by atoms with Gasteiger partial charge in [0.15, 0.2) is 0 Å². The molecular formula is C9H9N2O3S-. The highest BCUT2D eigenvalue weighted by atomic mass is 32.2. The van der Waals surface area contributed by atoms with E-state index in [-0.39, 0.29) is 5.91 Å². The molecule has 1 aromatic carbocycles. The first kappa shape index (κ1) is 11.4. The topological polar surface area (TPSA) is 81.3 Å². The van der Waals surface area contributed by atoms with Crippen LogP contribution in [-0.2, 0) is 16.1 Å². The summed E-state index contributed by atoms with van der Waals surface area (Å²) in [7, 11) is 0. The predicted octanol–water partition coefficient (Wildman–Crippen LogP) is 1.02. The summed E-state index contributed by atoms with van der Waals surface area (Å²) in [5.41, 5.74) is 1.00. The number of nitrogens with one attached hydrogen (secondary N) is 2. The monoisotopic (exact) mass is 225 g/mol. The average Bonchev–Trinajstić information content (AvgIpc) is 2.20. The highest BCUT2D eigenvalue weighted by molar-refractivity contribution is 7.80. The predicted molar refractivity (Wildman–Crippen MR) is 57.8 cm³/mol. The molecule has 2 N–H and O–H groups in total. The fourth-order valence-corrected chi connectivity index (χ4v) is 1.24. The van der Waals surface area contributed by atoms with Crippen molar-refractivity contribution in [3.8, 4) is 0 Å². The molecule has 6 heteroatoms. The summed E-state index contributed by atoms with van der Waals surface area (Å²) in [6.07, 6.45) is 1.15. The molecule has 0 aliphatic rings. The fourth-order valence-electron chi connectivity index (χ4n) is 0.911. The third-order valence-electron chi connectivity index (χ3n) is 1.54. The quantitative estimate of drug-likeness (QED) is 0.593. The van der Waals surface area contributed by atoms with Gasteiger partial charge in [-0.3, -0.25) is 9.00 Å². The molecule has 15 heavy (non-hydrogen) atoms. The summed E-state index contributed by atoms with van der Waals surface area (Å²) in [4.78, 5) is 10.9. The molecule has 0 bridgehead atoms. The summed E-state index contributed by atoms with van der Waals surface area (Å²) in [6, 6.07) is 6.23. The van der Waals surface area contributed by atoms with E-state index in [9.17, 15) is 13.6 Å². The number of hydrogen-bond donors (Lipinski definition) is 2. The number of amides is 1. The summed E-state index contributed by atoms with van der Waals surface area (Å²) >= 11 is -2.34. The van der Waals surface area contributed by atoms with E-state index in [1.807, 2.05) is 0 Å². The van der Waals surface area contributed by atoms with E-state index in [0.717, 1.165) is 6.08 Å². The lowest BCUT2D eigenvalue weighted by Crippen LogP contribution is -2.07. The van der Waals surface area contributed by atoms with Gasteiger partial charge in [0, 0.05) is 22.6 Å². The van der Waals surface area contributed by atoms with Crippen LogP contribution in [0.4, 0.5) is 11.4 Å². The van der Waals surface area contributed by atoms with Crippen molar-refractivity contribution >= 4 is 28.5 Å². The highest BCUT2D eigenvalue weighted by Gasteiger charge is 1.96.